The molecule has 1 aliphatic rings. The number of halogens is 1. The van der Waals surface area contributed by atoms with Crippen LogP contribution in [0.2, 0.25) is 0 Å². The lowest BCUT2D eigenvalue weighted by molar-refractivity contribution is 0.384. The van der Waals surface area contributed by atoms with E-state index in [-0.39, 0.29) is 5.82 Å². The first kappa shape index (κ1) is 10.5. The lowest BCUT2D eigenvalue weighted by Crippen LogP contribution is -2.16. The molecule has 0 fully saturated rings. The summed E-state index contributed by atoms with van der Waals surface area (Å²) >= 11 is 0. The minimum absolute atomic E-state index is 0.249. The van der Waals surface area contributed by atoms with E-state index in [1.807, 2.05) is 6.07 Å². The Balaban J connectivity index is 2.10. The van der Waals surface area contributed by atoms with E-state index in [0.717, 1.165) is 37.3 Å². The second-order valence-corrected chi connectivity index (χ2v) is 4.16. The molecule has 1 aliphatic heterocycles. The Hall–Kier alpha value is -1.68. The molecular weight excluding hydrogens is 219 g/mol. The summed E-state index contributed by atoms with van der Waals surface area (Å²) in [7, 11) is 0. The van der Waals surface area contributed by atoms with E-state index in [1.54, 1.807) is 12.1 Å². The van der Waals surface area contributed by atoms with Crippen LogP contribution in [0, 0.1) is 5.82 Å². The molecule has 3 rings (SSSR count). The summed E-state index contributed by atoms with van der Waals surface area (Å²) in [5.74, 6) is 0.633. The van der Waals surface area contributed by atoms with Crippen molar-refractivity contribution in [3.05, 3.63) is 41.4 Å². The zero-order chi connectivity index (χ0) is 11.7. The van der Waals surface area contributed by atoms with Crippen LogP contribution in [0.5, 0.6) is 0 Å². The lowest BCUT2D eigenvalue weighted by atomic mass is 10.0. The summed E-state index contributed by atoms with van der Waals surface area (Å²) in [5.41, 5.74) is 2.22. The fourth-order valence-electron chi connectivity index (χ4n) is 2.20. The van der Waals surface area contributed by atoms with Crippen LogP contribution in [0.4, 0.5) is 4.39 Å². The van der Waals surface area contributed by atoms with E-state index in [9.17, 15) is 4.39 Å². The van der Waals surface area contributed by atoms with Gasteiger partial charge in [-0.15, -0.1) is 0 Å². The van der Waals surface area contributed by atoms with Gasteiger partial charge in [-0.1, -0.05) is 17.3 Å². The number of nitrogens with zero attached hydrogens (tertiary/aromatic N) is 1. The molecule has 4 heteroatoms. The maximum atomic E-state index is 13.7. The van der Waals surface area contributed by atoms with Crippen molar-refractivity contribution in [2.24, 2.45) is 0 Å². The molecule has 0 saturated carbocycles. The topological polar surface area (TPSA) is 38.1 Å². The maximum absolute atomic E-state index is 13.7. The zero-order valence-corrected chi connectivity index (χ0v) is 9.37. The number of fused-ring (bicyclic) bond motifs is 1. The van der Waals surface area contributed by atoms with Crippen molar-refractivity contribution >= 4 is 0 Å². The molecule has 1 aromatic carbocycles. The van der Waals surface area contributed by atoms with Gasteiger partial charge in [-0.2, -0.15) is 0 Å². The Morgan fingerprint density at radius 2 is 2.00 bits per heavy atom. The highest BCUT2D eigenvalue weighted by Crippen LogP contribution is 2.28. The zero-order valence-electron chi connectivity index (χ0n) is 9.37. The average Bonchev–Trinajstić information content (AvgIpc) is 2.59. The molecule has 1 aromatic heterocycles. The van der Waals surface area contributed by atoms with Crippen LogP contribution in [0.25, 0.3) is 11.3 Å². The molecule has 17 heavy (non-hydrogen) atoms. The number of rotatable bonds is 1. The van der Waals surface area contributed by atoms with Crippen molar-refractivity contribution in [1.29, 1.82) is 0 Å². The van der Waals surface area contributed by atoms with E-state index in [4.69, 9.17) is 4.52 Å². The van der Waals surface area contributed by atoms with Crippen molar-refractivity contribution in [3.8, 4) is 11.3 Å². The quantitative estimate of drug-likeness (QED) is 0.818. The van der Waals surface area contributed by atoms with Crippen molar-refractivity contribution < 1.29 is 8.91 Å². The Labute approximate surface area is 98.6 Å². The van der Waals surface area contributed by atoms with Gasteiger partial charge in [0.2, 0.25) is 0 Å². The third-order valence-corrected chi connectivity index (χ3v) is 3.08. The Morgan fingerprint density at radius 3 is 2.88 bits per heavy atom. The number of benzene rings is 1. The van der Waals surface area contributed by atoms with Gasteiger partial charge in [-0.25, -0.2) is 4.39 Å². The molecule has 0 aliphatic carbocycles. The predicted octanol–water partition coefficient (Wildman–Crippen LogP) is 2.17. The van der Waals surface area contributed by atoms with E-state index in [2.05, 4.69) is 10.5 Å². The van der Waals surface area contributed by atoms with Gasteiger partial charge in [0, 0.05) is 24.1 Å². The van der Waals surface area contributed by atoms with Crippen molar-refractivity contribution in [3.63, 3.8) is 0 Å². The Kier molecular flexibility index (Phi) is 2.65. The van der Waals surface area contributed by atoms with Crippen LogP contribution in [-0.2, 0) is 12.8 Å². The number of aromatic nitrogens is 1. The van der Waals surface area contributed by atoms with Crippen LogP contribution in [0.1, 0.15) is 11.3 Å². The summed E-state index contributed by atoms with van der Waals surface area (Å²) in [6, 6.07) is 6.69. The second kappa shape index (κ2) is 4.30. The molecule has 3 nitrogen and oxygen atoms in total. The SMILES string of the molecule is Fc1ccccc1-c1noc2c1CCNCC2. The largest absolute Gasteiger partial charge is 0.360 e. The van der Waals surface area contributed by atoms with Crippen LogP contribution >= 0.6 is 0 Å². The fourth-order valence-corrected chi connectivity index (χ4v) is 2.20. The van der Waals surface area contributed by atoms with Crippen molar-refractivity contribution in [1.82, 2.24) is 10.5 Å². The van der Waals surface area contributed by atoms with E-state index in [1.165, 1.54) is 6.07 Å². The summed E-state index contributed by atoms with van der Waals surface area (Å²) in [4.78, 5) is 0. The number of nitrogens with one attached hydrogen (secondary N) is 1. The molecule has 0 unspecified atom stereocenters. The van der Waals surface area contributed by atoms with Crippen LogP contribution in [0.15, 0.2) is 28.8 Å². The molecule has 0 saturated heterocycles. The van der Waals surface area contributed by atoms with E-state index >= 15 is 0 Å². The van der Waals surface area contributed by atoms with E-state index < -0.39 is 0 Å². The maximum Gasteiger partial charge on any atom is 0.141 e. The third kappa shape index (κ3) is 1.85. The molecule has 0 radical (unpaired) electrons. The standard InChI is InChI=1S/C13H13FN2O/c14-11-4-2-1-3-9(11)13-10-5-7-15-8-6-12(10)17-16-13/h1-4,15H,5-8H2. The first-order chi connectivity index (χ1) is 8.36. The number of hydrogen-bond donors (Lipinski definition) is 1. The first-order valence-electron chi connectivity index (χ1n) is 5.79. The molecule has 0 amide bonds. The van der Waals surface area contributed by atoms with Gasteiger partial charge in [0.15, 0.2) is 0 Å². The van der Waals surface area contributed by atoms with Crippen molar-refractivity contribution in [2.45, 2.75) is 12.8 Å². The molecule has 88 valence electrons. The molecule has 0 spiro atoms. The van der Waals surface area contributed by atoms with Crippen LogP contribution < -0.4 is 5.32 Å². The van der Waals surface area contributed by atoms with Gasteiger partial charge in [0.25, 0.3) is 0 Å². The highest BCUT2D eigenvalue weighted by molar-refractivity contribution is 5.64. The van der Waals surface area contributed by atoms with Gasteiger partial charge in [-0.3, -0.25) is 0 Å². The minimum Gasteiger partial charge on any atom is -0.360 e. The number of hydrogen-bond acceptors (Lipinski definition) is 3. The molecule has 2 aromatic rings. The Bertz CT molecular complexity index is 536. The fraction of sp³-hybridized carbons (Fsp3) is 0.308. The van der Waals surface area contributed by atoms with Gasteiger partial charge in [-0.05, 0) is 25.1 Å². The summed E-state index contributed by atoms with van der Waals surface area (Å²) in [6.45, 7) is 1.77. The molecule has 0 bridgehead atoms. The first-order valence-corrected chi connectivity index (χ1v) is 5.79. The highest BCUT2D eigenvalue weighted by Gasteiger charge is 2.20. The van der Waals surface area contributed by atoms with Gasteiger partial charge in [0.1, 0.15) is 17.3 Å². The molecule has 2 heterocycles. The summed E-state index contributed by atoms with van der Waals surface area (Å²) in [6.07, 6.45) is 1.65. The van der Waals surface area contributed by atoms with Gasteiger partial charge in [0.05, 0.1) is 0 Å². The monoisotopic (exact) mass is 232 g/mol. The second-order valence-electron chi connectivity index (χ2n) is 4.16. The summed E-state index contributed by atoms with van der Waals surface area (Å²) < 4.78 is 19.0. The average molecular weight is 232 g/mol. The summed E-state index contributed by atoms with van der Waals surface area (Å²) in [5, 5.41) is 7.32. The molecular formula is C13H13FN2O. The Morgan fingerprint density at radius 1 is 1.18 bits per heavy atom. The van der Waals surface area contributed by atoms with Crippen LogP contribution in [-0.4, -0.2) is 18.2 Å². The van der Waals surface area contributed by atoms with Crippen LogP contribution in [0.3, 0.4) is 0 Å². The smallest absolute Gasteiger partial charge is 0.141 e. The normalized spacial score (nSPS) is 15.4. The molecule has 0 atom stereocenters. The third-order valence-electron chi connectivity index (χ3n) is 3.08. The lowest BCUT2D eigenvalue weighted by Gasteiger charge is -2.01. The minimum atomic E-state index is -0.249. The van der Waals surface area contributed by atoms with Gasteiger partial charge < -0.3 is 9.84 Å². The van der Waals surface area contributed by atoms with Crippen molar-refractivity contribution in [2.75, 3.05) is 13.1 Å². The highest BCUT2D eigenvalue weighted by atomic mass is 19.1. The van der Waals surface area contributed by atoms with Gasteiger partial charge >= 0.3 is 0 Å². The molecule has 1 N–H and O–H groups in total. The predicted molar refractivity (Wildman–Crippen MR) is 62.2 cm³/mol. The van der Waals surface area contributed by atoms with E-state index in [0.29, 0.717) is 11.3 Å².